The van der Waals surface area contributed by atoms with Crippen LogP contribution in [-0.4, -0.2) is 54.7 Å². The monoisotopic (exact) mass is 500 g/mol. The summed E-state index contributed by atoms with van der Waals surface area (Å²) in [5.41, 5.74) is -1.10. The highest BCUT2D eigenvalue weighted by Gasteiger charge is 2.86. The highest BCUT2D eigenvalue weighted by molar-refractivity contribution is 8.33. The first-order valence-corrected chi connectivity index (χ1v) is 12.0. The topological polar surface area (TPSA) is 60.4 Å². The van der Waals surface area contributed by atoms with Crippen molar-refractivity contribution in [3.05, 3.63) is 0 Å². The highest BCUT2D eigenvalue weighted by atomic mass is 32.3. The van der Waals surface area contributed by atoms with Crippen LogP contribution in [0.1, 0.15) is 40.0 Å². The number of ketones is 1. The highest BCUT2D eigenvalue weighted by Crippen LogP contribution is 2.60. The molecule has 0 aromatic rings. The molecule has 1 aliphatic rings. The van der Waals surface area contributed by atoms with Crippen molar-refractivity contribution in [2.75, 3.05) is 17.3 Å². The minimum atomic E-state index is -7.36. The summed E-state index contributed by atoms with van der Waals surface area (Å²) in [5.74, 6) is -16.7. The first kappa shape index (κ1) is 27.3. The van der Waals surface area contributed by atoms with Crippen LogP contribution in [0.4, 0.5) is 39.5 Å². The van der Waals surface area contributed by atoms with Crippen molar-refractivity contribution in [1.82, 2.24) is 0 Å². The number of hydrogen-bond acceptors (Lipinski definition) is 4. The maximum absolute atomic E-state index is 14.0. The van der Waals surface area contributed by atoms with E-state index in [2.05, 4.69) is 3.63 Å². The summed E-state index contributed by atoms with van der Waals surface area (Å²) in [7, 11) is -10.3. The second-order valence-corrected chi connectivity index (χ2v) is 12.9. The van der Waals surface area contributed by atoms with Crippen LogP contribution in [0.3, 0.4) is 0 Å². The maximum atomic E-state index is 14.0. The second-order valence-electron chi connectivity index (χ2n) is 7.94. The number of alkyl halides is 9. The molecular weight excluding hydrogens is 479 g/mol. The average molecular weight is 500 g/mol. The fourth-order valence-corrected chi connectivity index (χ4v) is 8.36. The smallest absolute Gasteiger partial charge is 0.298 e. The van der Waals surface area contributed by atoms with Gasteiger partial charge < -0.3 is 0 Å². The minimum absolute atomic E-state index is 0.170. The van der Waals surface area contributed by atoms with Gasteiger partial charge in [0.05, 0.1) is 5.75 Å². The van der Waals surface area contributed by atoms with E-state index < -0.39 is 60.7 Å². The molecule has 180 valence electrons. The van der Waals surface area contributed by atoms with Crippen LogP contribution in [0.15, 0.2) is 0 Å². The Morgan fingerprint density at radius 1 is 0.833 bits per heavy atom. The summed E-state index contributed by atoms with van der Waals surface area (Å²) in [4.78, 5) is 12.3. The van der Waals surface area contributed by atoms with E-state index in [1.165, 1.54) is 20.8 Å². The van der Waals surface area contributed by atoms with E-state index in [0.717, 1.165) is 0 Å². The van der Waals surface area contributed by atoms with Gasteiger partial charge in [0.15, 0.2) is 0 Å². The average Bonchev–Trinajstić information content (AvgIpc) is 2.52. The lowest BCUT2D eigenvalue weighted by molar-refractivity contribution is -0.382. The van der Waals surface area contributed by atoms with Crippen LogP contribution in [0.25, 0.3) is 0 Å². The molecule has 0 aromatic carbocycles. The Kier molecular flexibility index (Phi) is 7.30. The van der Waals surface area contributed by atoms with Crippen LogP contribution in [0.2, 0.25) is 0 Å². The van der Waals surface area contributed by atoms with Crippen molar-refractivity contribution in [2.45, 2.75) is 63.3 Å². The molecule has 0 saturated carbocycles. The van der Waals surface area contributed by atoms with E-state index in [0.29, 0.717) is 6.42 Å². The Balaban J connectivity index is 3.40. The van der Waals surface area contributed by atoms with Gasteiger partial charge in [-0.15, -0.1) is 10.3 Å². The summed E-state index contributed by atoms with van der Waals surface area (Å²) in [6.45, 7) is 4.23. The molecule has 4 nitrogen and oxygen atoms in total. The van der Waals surface area contributed by atoms with Crippen molar-refractivity contribution < 1.29 is 56.4 Å². The third-order valence-electron chi connectivity index (χ3n) is 4.43. The van der Waals surface area contributed by atoms with Gasteiger partial charge in [-0.2, -0.15) is 47.9 Å². The molecule has 0 amide bonds. The van der Waals surface area contributed by atoms with Gasteiger partial charge in [-0.05, 0) is 12.8 Å². The first-order chi connectivity index (χ1) is 13.0. The predicted octanol–water partition coefficient (Wildman–Crippen LogP) is 5.28. The zero-order valence-electron chi connectivity index (χ0n) is 16.1. The van der Waals surface area contributed by atoms with Gasteiger partial charge in [0.1, 0.15) is 5.78 Å². The Morgan fingerprint density at radius 2 is 1.27 bits per heavy atom. The largest absolute Gasteiger partial charge is 0.460 e. The summed E-state index contributed by atoms with van der Waals surface area (Å²) >= 11 is 0. The van der Waals surface area contributed by atoms with E-state index in [4.69, 9.17) is 0 Å². The quantitative estimate of drug-likeness (QED) is 0.447. The number of carbonyl (C=O) groups is 1. The van der Waals surface area contributed by atoms with E-state index in [-0.39, 0.29) is 24.3 Å². The van der Waals surface area contributed by atoms with E-state index >= 15 is 0 Å². The lowest BCUT2D eigenvalue weighted by atomic mass is 9.92. The Hall–Kier alpha value is -0.700. The van der Waals surface area contributed by atoms with E-state index in [1.807, 2.05) is 0 Å². The third kappa shape index (κ3) is 4.87. The number of hydrogen-bond donors (Lipinski definition) is 0. The number of rotatable bonds is 7. The van der Waals surface area contributed by atoms with E-state index in [9.17, 15) is 52.7 Å². The molecule has 0 N–H and O–H groups in total. The zero-order chi connectivity index (χ0) is 24.0. The Morgan fingerprint density at radius 3 is 1.63 bits per heavy atom. The normalized spacial score (nSPS) is 20.7. The van der Waals surface area contributed by atoms with Gasteiger partial charge in [-0.25, -0.2) is 3.63 Å². The first-order valence-electron chi connectivity index (χ1n) is 8.50. The zero-order valence-corrected chi connectivity index (χ0v) is 17.7. The molecule has 0 atom stereocenters. The molecule has 1 saturated heterocycles. The molecule has 0 spiro atoms. The Labute approximate surface area is 169 Å². The number of carbonyl (C=O) groups excluding carboxylic acids is 1. The fraction of sp³-hybridized carbons (Fsp3) is 0.933. The van der Waals surface area contributed by atoms with Gasteiger partial charge in [0.2, 0.25) is 0 Å². The van der Waals surface area contributed by atoms with Crippen LogP contribution >= 0.6 is 10.3 Å². The summed E-state index contributed by atoms with van der Waals surface area (Å²) < 4.78 is 146. The van der Waals surface area contributed by atoms with Gasteiger partial charge in [0, 0.05) is 16.9 Å². The van der Waals surface area contributed by atoms with Crippen molar-refractivity contribution in [3.8, 4) is 0 Å². The molecule has 1 heterocycles. The number of halogens is 9. The molecule has 0 radical (unpaired) electrons. The van der Waals surface area contributed by atoms with Crippen molar-refractivity contribution in [3.63, 3.8) is 0 Å². The molecule has 1 rings (SSSR count). The lowest BCUT2D eigenvalue weighted by Crippen LogP contribution is -2.63. The van der Waals surface area contributed by atoms with Crippen LogP contribution in [0, 0.1) is 5.41 Å². The second kappa shape index (κ2) is 8.01. The van der Waals surface area contributed by atoms with Crippen LogP contribution in [0.5, 0.6) is 0 Å². The molecule has 1 aliphatic heterocycles. The molecule has 15 heteroatoms. The van der Waals surface area contributed by atoms with Gasteiger partial charge >= 0.3 is 33.4 Å². The van der Waals surface area contributed by atoms with Crippen LogP contribution in [-0.2, 0) is 18.5 Å². The molecule has 0 unspecified atom stereocenters. The van der Waals surface area contributed by atoms with Gasteiger partial charge in [-0.1, -0.05) is 27.2 Å². The summed E-state index contributed by atoms with van der Waals surface area (Å²) in [5, 5.41) is -6.92. The van der Waals surface area contributed by atoms with Crippen molar-refractivity contribution in [1.29, 1.82) is 0 Å². The summed E-state index contributed by atoms with van der Waals surface area (Å²) in [6.07, 6.45) is -6.35. The SMILES string of the molecule is CC(C)(C)C(=O)CS1(OS(=O)(=O)C(F)(F)C(F)(F)C(F)(F)C(F)(F)F)CCCCC1. The van der Waals surface area contributed by atoms with Crippen molar-refractivity contribution in [2.24, 2.45) is 5.41 Å². The summed E-state index contributed by atoms with van der Waals surface area (Å²) in [6, 6.07) is 0. The van der Waals surface area contributed by atoms with Crippen LogP contribution < -0.4 is 0 Å². The number of Topliss-reactive ketones (excluding diaryl/α,β-unsaturated/α-hetero) is 1. The molecule has 1 fully saturated rings. The lowest BCUT2D eigenvalue weighted by Gasteiger charge is -2.43. The standard InChI is InChI=1S/C15H21F9O4S2/c1-11(2,3)10(25)9-29(7-5-4-6-8-29)28-30(26,27)15(23,24)13(18,19)12(16,17)14(20,21)22/h4-9H2,1-3H3. The molecule has 30 heavy (non-hydrogen) atoms. The minimum Gasteiger partial charge on any atom is -0.298 e. The predicted molar refractivity (Wildman–Crippen MR) is 91.4 cm³/mol. The Bertz CT molecular complexity index is 749. The molecule has 0 aromatic heterocycles. The molecule has 0 aliphatic carbocycles. The van der Waals surface area contributed by atoms with Gasteiger partial charge in [-0.3, -0.25) is 4.79 Å². The van der Waals surface area contributed by atoms with Gasteiger partial charge in [0.25, 0.3) is 0 Å². The molecular formula is C15H21F9O4S2. The third-order valence-corrected chi connectivity index (χ3v) is 10.0. The fourth-order valence-electron chi connectivity index (χ4n) is 2.45. The van der Waals surface area contributed by atoms with Crippen molar-refractivity contribution >= 4 is 26.2 Å². The van der Waals surface area contributed by atoms with E-state index in [1.54, 1.807) is 0 Å². The maximum Gasteiger partial charge on any atom is 0.460 e. The molecule has 0 bridgehead atoms.